The minimum Gasteiger partial charge on any atom is -0.408 e. The highest BCUT2D eigenvalue weighted by molar-refractivity contribution is 7.98. The third-order valence-electron chi connectivity index (χ3n) is 3.27. The lowest BCUT2D eigenvalue weighted by molar-refractivity contribution is -0.121. The van der Waals surface area contributed by atoms with Crippen LogP contribution in [-0.2, 0) is 17.1 Å². The fourth-order valence-corrected chi connectivity index (χ4v) is 3.89. The molecule has 0 fully saturated rings. The topological polar surface area (TPSA) is 64.2 Å². The van der Waals surface area contributed by atoms with Crippen LogP contribution in [0.4, 0.5) is 0 Å². The lowest BCUT2D eigenvalue weighted by Gasteiger charge is -2.05. The van der Waals surface area contributed by atoms with E-state index >= 15 is 0 Å². The van der Waals surface area contributed by atoms with Gasteiger partial charge in [0, 0.05) is 22.9 Å². The van der Waals surface area contributed by atoms with Crippen LogP contribution in [0.15, 0.2) is 51.0 Å². The smallest absolute Gasteiger partial charge is 0.408 e. The molecule has 0 spiro atoms. The molecule has 2 aromatic heterocycles. The maximum Gasteiger partial charge on any atom is 0.420 e. The van der Waals surface area contributed by atoms with Crippen LogP contribution in [0.25, 0.3) is 11.1 Å². The molecular weight excluding hydrogens is 332 g/mol. The molecule has 1 aromatic carbocycles. The summed E-state index contributed by atoms with van der Waals surface area (Å²) in [6, 6.07) is 11.2. The number of aromatic nitrogens is 1. The average molecular weight is 348 g/mol. The van der Waals surface area contributed by atoms with E-state index in [2.05, 4.69) is 16.8 Å². The summed E-state index contributed by atoms with van der Waals surface area (Å²) in [4.78, 5) is 25.1. The first-order valence-corrected chi connectivity index (χ1v) is 9.22. The zero-order chi connectivity index (χ0) is 16.1. The molecule has 0 unspecified atom stereocenters. The van der Waals surface area contributed by atoms with Gasteiger partial charge in [0.05, 0.1) is 5.52 Å². The third kappa shape index (κ3) is 4.05. The number of benzene rings is 1. The summed E-state index contributed by atoms with van der Waals surface area (Å²) >= 11 is 3.51. The first-order chi connectivity index (χ1) is 11.2. The van der Waals surface area contributed by atoms with Crippen molar-refractivity contribution in [3.8, 4) is 0 Å². The molecular formula is C16H16N2O3S2. The van der Waals surface area contributed by atoms with Gasteiger partial charge in [-0.2, -0.15) is 11.8 Å². The predicted octanol–water partition coefficient (Wildman–Crippen LogP) is 2.71. The molecule has 0 saturated carbocycles. The van der Waals surface area contributed by atoms with Crippen molar-refractivity contribution in [1.29, 1.82) is 0 Å². The largest absolute Gasteiger partial charge is 0.420 e. The molecule has 0 aliphatic carbocycles. The number of para-hydroxylation sites is 2. The Morgan fingerprint density at radius 2 is 2.13 bits per heavy atom. The molecule has 1 N–H and O–H groups in total. The van der Waals surface area contributed by atoms with Crippen LogP contribution in [0.1, 0.15) is 4.88 Å². The van der Waals surface area contributed by atoms with E-state index in [1.54, 1.807) is 41.3 Å². The van der Waals surface area contributed by atoms with Gasteiger partial charge in [0.25, 0.3) is 0 Å². The normalized spacial score (nSPS) is 11.0. The second-order valence-electron chi connectivity index (χ2n) is 4.90. The standard InChI is InChI=1S/C16H16N2O3S2/c19-15(17-7-9-22-11-12-4-3-8-23-12)10-18-13-5-1-2-6-14(13)21-16(18)20/h1-6,8H,7,9-11H2,(H,17,19). The number of oxazole rings is 1. The number of thioether (sulfide) groups is 1. The number of carbonyl (C=O) groups excluding carboxylic acids is 1. The Kier molecular flexibility index (Phi) is 5.19. The summed E-state index contributed by atoms with van der Waals surface area (Å²) in [7, 11) is 0. The Morgan fingerprint density at radius 1 is 1.26 bits per heavy atom. The summed E-state index contributed by atoms with van der Waals surface area (Å²) in [6.45, 7) is 0.560. The molecule has 7 heteroatoms. The van der Waals surface area contributed by atoms with Crippen molar-refractivity contribution in [1.82, 2.24) is 9.88 Å². The second-order valence-corrected chi connectivity index (χ2v) is 7.04. The Morgan fingerprint density at radius 3 is 2.96 bits per heavy atom. The number of carbonyl (C=O) groups is 1. The second kappa shape index (κ2) is 7.52. The minimum absolute atomic E-state index is 0.0224. The number of thiophene rings is 1. The van der Waals surface area contributed by atoms with E-state index in [1.165, 1.54) is 9.44 Å². The SMILES string of the molecule is O=C(Cn1c(=O)oc2ccccc21)NCCSCc1cccs1. The minimum atomic E-state index is -0.506. The van der Waals surface area contributed by atoms with Gasteiger partial charge in [-0.1, -0.05) is 18.2 Å². The van der Waals surface area contributed by atoms with Crippen LogP contribution < -0.4 is 11.1 Å². The highest BCUT2D eigenvalue weighted by atomic mass is 32.2. The maximum absolute atomic E-state index is 12.0. The van der Waals surface area contributed by atoms with Gasteiger partial charge < -0.3 is 9.73 Å². The van der Waals surface area contributed by atoms with Crippen molar-refractivity contribution in [3.63, 3.8) is 0 Å². The summed E-state index contributed by atoms with van der Waals surface area (Å²) in [5.74, 6) is 1.10. The number of hydrogen-bond donors (Lipinski definition) is 1. The highest BCUT2D eigenvalue weighted by Gasteiger charge is 2.11. The van der Waals surface area contributed by atoms with Gasteiger partial charge in [0.15, 0.2) is 5.58 Å². The van der Waals surface area contributed by atoms with Gasteiger partial charge in [-0.15, -0.1) is 11.3 Å². The number of nitrogens with one attached hydrogen (secondary N) is 1. The number of rotatable bonds is 7. The lowest BCUT2D eigenvalue weighted by Crippen LogP contribution is -2.32. The monoisotopic (exact) mass is 348 g/mol. The van der Waals surface area contributed by atoms with Gasteiger partial charge in [0.2, 0.25) is 5.91 Å². The molecule has 0 aliphatic rings. The van der Waals surface area contributed by atoms with E-state index in [1.807, 2.05) is 12.1 Å². The number of nitrogens with zero attached hydrogens (tertiary/aromatic N) is 1. The average Bonchev–Trinajstić information content (AvgIpc) is 3.16. The van der Waals surface area contributed by atoms with Gasteiger partial charge in [0.1, 0.15) is 6.54 Å². The van der Waals surface area contributed by atoms with E-state index in [-0.39, 0.29) is 12.5 Å². The lowest BCUT2D eigenvalue weighted by atomic mass is 10.3. The van der Waals surface area contributed by atoms with Gasteiger partial charge >= 0.3 is 5.76 Å². The molecule has 120 valence electrons. The van der Waals surface area contributed by atoms with E-state index < -0.39 is 5.76 Å². The Labute approximate surface area is 141 Å². The van der Waals surface area contributed by atoms with Crippen LogP contribution in [-0.4, -0.2) is 22.8 Å². The van der Waals surface area contributed by atoms with Crippen LogP contribution >= 0.6 is 23.1 Å². The molecule has 2 heterocycles. The molecule has 0 bridgehead atoms. The highest BCUT2D eigenvalue weighted by Crippen LogP contribution is 2.16. The number of amides is 1. The fraction of sp³-hybridized carbons (Fsp3) is 0.250. The molecule has 0 aliphatic heterocycles. The summed E-state index contributed by atoms with van der Waals surface area (Å²) in [5, 5.41) is 4.90. The van der Waals surface area contributed by atoms with E-state index in [4.69, 9.17) is 4.42 Å². The predicted molar refractivity (Wildman–Crippen MR) is 94.0 cm³/mol. The summed E-state index contributed by atoms with van der Waals surface area (Å²) in [6.07, 6.45) is 0. The van der Waals surface area contributed by atoms with E-state index in [0.29, 0.717) is 17.6 Å². The van der Waals surface area contributed by atoms with Crippen LogP contribution in [0.2, 0.25) is 0 Å². The Balaban J connectivity index is 1.47. The van der Waals surface area contributed by atoms with E-state index in [0.717, 1.165) is 11.5 Å². The molecule has 3 aromatic rings. The maximum atomic E-state index is 12.0. The van der Waals surface area contributed by atoms with Gasteiger partial charge in [-0.25, -0.2) is 4.79 Å². The summed E-state index contributed by atoms with van der Waals surface area (Å²) in [5.41, 5.74) is 1.14. The number of fused-ring (bicyclic) bond motifs is 1. The van der Waals surface area contributed by atoms with Crippen molar-refractivity contribution in [2.45, 2.75) is 12.3 Å². The van der Waals surface area contributed by atoms with Crippen molar-refractivity contribution >= 4 is 40.1 Å². The first-order valence-electron chi connectivity index (χ1n) is 7.19. The van der Waals surface area contributed by atoms with Crippen molar-refractivity contribution in [2.75, 3.05) is 12.3 Å². The number of hydrogen-bond acceptors (Lipinski definition) is 5. The molecule has 0 atom stereocenters. The van der Waals surface area contributed by atoms with Crippen molar-refractivity contribution in [2.24, 2.45) is 0 Å². The Bertz CT molecular complexity index is 837. The zero-order valence-corrected chi connectivity index (χ0v) is 14.0. The van der Waals surface area contributed by atoms with Crippen molar-refractivity contribution < 1.29 is 9.21 Å². The van der Waals surface area contributed by atoms with Crippen LogP contribution in [0, 0.1) is 0 Å². The molecule has 1 amide bonds. The third-order valence-corrected chi connectivity index (χ3v) is 5.34. The first kappa shape index (κ1) is 15.9. The quantitative estimate of drug-likeness (QED) is 0.667. The van der Waals surface area contributed by atoms with Crippen LogP contribution in [0.3, 0.4) is 0 Å². The van der Waals surface area contributed by atoms with Crippen molar-refractivity contribution in [3.05, 3.63) is 57.2 Å². The van der Waals surface area contributed by atoms with E-state index in [9.17, 15) is 9.59 Å². The Hall–Kier alpha value is -1.99. The summed E-state index contributed by atoms with van der Waals surface area (Å²) < 4.78 is 6.46. The molecule has 23 heavy (non-hydrogen) atoms. The van der Waals surface area contributed by atoms with Gasteiger partial charge in [-0.05, 0) is 23.6 Å². The molecule has 3 rings (SSSR count). The fourth-order valence-electron chi connectivity index (χ4n) is 2.19. The zero-order valence-electron chi connectivity index (χ0n) is 12.4. The molecule has 0 radical (unpaired) electrons. The van der Waals surface area contributed by atoms with Gasteiger partial charge in [-0.3, -0.25) is 9.36 Å². The molecule has 0 saturated heterocycles. The van der Waals surface area contributed by atoms with Crippen LogP contribution in [0.5, 0.6) is 0 Å². The molecule has 5 nitrogen and oxygen atoms in total.